The molecule has 2 nitrogen and oxygen atoms in total. The molecule has 0 heterocycles. The summed E-state index contributed by atoms with van der Waals surface area (Å²) in [5, 5.41) is 7.60. The molecule has 0 atom stereocenters. The summed E-state index contributed by atoms with van der Waals surface area (Å²) < 4.78 is 0. The number of hydrogen-bond acceptors (Lipinski definition) is 1. The van der Waals surface area contributed by atoms with E-state index in [1.54, 1.807) is 5.57 Å². The number of allylic oxidation sites excluding steroid dienone is 5. The third kappa shape index (κ3) is 10.9. The molecule has 0 saturated heterocycles. The highest BCUT2D eigenvalue weighted by molar-refractivity contribution is 5.78. The molecule has 0 aliphatic heterocycles. The van der Waals surface area contributed by atoms with Gasteiger partial charge in [0.2, 0.25) is 0 Å². The van der Waals surface area contributed by atoms with Gasteiger partial charge in [0.25, 0.3) is 0 Å². The lowest BCUT2D eigenvalue weighted by Gasteiger charge is -2.32. The first-order valence-corrected chi connectivity index (χ1v) is 7.10. The highest BCUT2D eigenvalue weighted by Gasteiger charge is 2.26. The first-order valence-electron chi connectivity index (χ1n) is 7.10. The summed E-state index contributed by atoms with van der Waals surface area (Å²) in [6.45, 7) is 21.9. The van der Waals surface area contributed by atoms with Crippen molar-refractivity contribution in [2.24, 2.45) is 5.41 Å². The molecule has 0 aromatic rings. The van der Waals surface area contributed by atoms with Crippen LogP contribution < -0.4 is 0 Å². The Morgan fingerprint density at radius 3 is 2.09 bits per heavy atom. The molecule has 126 valence electrons. The zero-order valence-corrected chi connectivity index (χ0v) is 14.0. The predicted molar refractivity (Wildman–Crippen MR) is 100 cm³/mol. The number of aliphatic carboxylic acids is 1. The first kappa shape index (κ1) is 25.1. The first-order chi connectivity index (χ1) is 9.70. The van der Waals surface area contributed by atoms with Gasteiger partial charge in [-0.25, -0.2) is 4.79 Å². The molecule has 1 aliphatic carbocycles. The van der Waals surface area contributed by atoms with E-state index >= 15 is 0 Å². The van der Waals surface area contributed by atoms with E-state index < -0.39 is 5.97 Å². The van der Waals surface area contributed by atoms with Crippen LogP contribution in [-0.2, 0) is 4.79 Å². The predicted octanol–water partition coefficient (Wildman–Crippen LogP) is 6.34. The van der Waals surface area contributed by atoms with Crippen LogP contribution in [0.3, 0.4) is 0 Å². The molecule has 0 amide bonds. The monoisotopic (exact) mass is 306 g/mol. The normalized spacial score (nSPS) is 15.5. The van der Waals surface area contributed by atoms with Gasteiger partial charge in [0.1, 0.15) is 0 Å². The highest BCUT2D eigenvalue weighted by atomic mass is 16.4. The Balaban J connectivity index is -0.000000387. The van der Waals surface area contributed by atoms with Gasteiger partial charge in [0, 0.05) is 6.08 Å². The van der Waals surface area contributed by atoms with E-state index in [9.17, 15) is 4.79 Å². The van der Waals surface area contributed by atoms with E-state index in [0.29, 0.717) is 5.41 Å². The standard InChI is InChI=1S/C14H22.C3H4O2.C2H4.CH4/c1-11(2)8-9-13-12(3)7-6-10-14(13,4)5;1-2-3(4)5;1-2;/h8-9H,1,6-7,10H2,2-5H3;2H,1H2,(H,4,5);1-2H2;1H4/b9-8+;;;. The van der Waals surface area contributed by atoms with Gasteiger partial charge in [0.15, 0.2) is 0 Å². The molecule has 0 bridgehead atoms. The van der Waals surface area contributed by atoms with Crippen molar-refractivity contribution < 1.29 is 9.90 Å². The van der Waals surface area contributed by atoms with Gasteiger partial charge in [-0.1, -0.05) is 57.7 Å². The van der Waals surface area contributed by atoms with Crippen LogP contribution in [0.2, 0.25) is 0 Å². The van der Waals surface area contributed by atoms with E-state index in [2.05, 4.69) is 59.2 Å². The van der Waals surface area contributed by atoms with Crippen LogP contribution in [0, 0.1) is 5.41 Å². The Morgan fingerprint density at radius 2 is 1.77 bits per heavy atom. The maximum absolute atomic E-state index is 9.25. The average molecular weight is 306 g/mol. The molecule has 0 aromatic heterocycles. The summed E-state index contributed by atoms with van der Waals surface area (Å²) in [4.78, 5) is 9.25. The van der Waals surface area contributed by atoms with Crippen molar-refractivity contribution in [2.75, 3.05) is 0 Å². The Kier molecular flexibility index (Phi) is 14.7. The largest absolute Gasteiger partial charge is 0.478 e. The van der Waals surface area contributed by atoms with Gasteiger partial charge in [-0.05, 0) is 44.1 Å². The quantitative estimate of drug-likeness (QED) is 0.375. The lowest BCUT2D eigenvalue weighted by molar-refractivity contribution is -0.131. The fourth-order valence-corrected chi connectivity index (χ4v) is 2.24. The molecule has 0 radical (unpaired) electrons. The number of rotatable bonds is 3. The van der Waals surface area contributed by atoms with Gasteiger partial charge in [-0.15, -0.1) is 13.2 Å². The summed E-state index contributed by atoms with van der Waals surface area (Å²) >= 11 is 0. The molecule has 1 N–H and O–H groups in total. The topological polar surface area (TPSA) is 37.3 Å². The van der Waals surface area contributed by atoms with Crippen molar-refractivity contribution in [1.82, 2.24) is 0 Å². The lowest BCUT2D eigenvalue weighted by atomic mass is 9.72. The van der Waals surface area contributed by atoms with Crippen LogP contribution in [0.15, 0.2) is 61.3 Å². The van der Waals surface area contributed by atoms with Gasteiger partial charge in [-0.3, -0.25) is 0 Å². The van der Waals surface area contributed by atoms with Crippen LogP contribution in [0.5, 0.6) is 0 Å². The van der Waals surface area contributed by atoms with Gasteiger partial charge in [0.05, 0.1) is 0 Å². The number of carboxylic acids is 1. The zero-order valence-electron chi connectivity index (χ0n) is 14.0. The van der Waals surface area contributed by atoms with E-state index in [4.69, 9.17) is 5.11 Å². The third-order valence-electron chi connectivity index (χ3n) is 3.25. The maximum Gasteiger partial charge on any atom is 0.327 e. The van der Waals surface area contributed by atoms with Crippen LogP contribution in [0.4, 0.5) is 0 Å². The number of hydrogen-bond donors (Lipinski definition) is 1. The van der Waals surface area contributed by atoms with E-state index in [1.807, 2.05) is 6.92 Å². The molecule has 1 rings (SSSR count). The molecular weight excluding hydrogens is 272 g/mol. The van der Waals surface area contributed by atoms with Gasteiger partial charge >= 0.3 is 5.97 Å². The molecule has 0 fully saturated rings. The SMILES string of the molecule is C.C=C.C=C(C)/C=C/C1=C(C)CCCC1(C)C.C=CC(=O)O. The minimum absolute atomic E-state index is 0. The Morgan fingerprint density at radius 1 is 1.32 bits per heavy atom. The van der Waals surface area contributed by atoms with Crippen molar-refractivity contribution >= 4 is 5.97 Å². The molecule has 0 unspecified atom stereocenters. The van der Waals surface area contributed by atoms with Crippen LogP contribution >= 0.6 is 0 Å². The molecule has 2 heteroatoms. The smallest absolute Gasteiger partial charge is 0.327 e. The molecule has 0 spiro atoms. The summed E-state index contributed by atoms with van der Waals surface area (Å²) in [6.07, 6.45) is 9.13. The molecule has 0 saturated carbocycles. The molecule has 0 aromatic carbocycles. The summed E-state index contributed by atoms with van der Waals surface area (Å²) in [5.74, 6) is -0.981. The Bertz CT molecular complexity index is 423. The molecular formula is C20H34O2. The average Bonchev–Trinajstić information content (AvgIpc) is 2.40. The summed E-state index contributed by atoms with van der Waals surface area (Å²) in [5.41, 5.74) is 4.56. The summed E-state index contributed by atoms with van der Waals surface area (Å²) in [7, 11) is 0. The van der Waals surface area contributed by atoms with Crippen molar-refractivity contribution in [3.05, 3.63) is 61.3 Å². The van der Waals surface area contributed by atoms with E-state index in [0.717, 1.165) is 11.6 Å². The Labute approximate surface area is 137 Å². The summed E-state index contributed by atoms with van der Waals surface area (Å²) in [6, 6.07) is 0. The van der Waals surface area contributed by atoms with E-state index in [1.165, 1.54) is 24.8 Å². The van der Waals surface area contributed by atoms with Crippen LogP contribution in [-0.4, -0.2) is 11.1 Å². The van der Waals surface area contributed by atoms with Gasteiger partial charge in [-0.2, -0.15) is 0 Å². The molecule has 22 heavy (non-hydrogen) atoms. The second-order valence-corrected chi connectivity index (χ2v) is 5.65. The maximum atomic E-state index is 9.25. The fourth-order valence-electron chi connectivity index (χ4n) is 2.24. The van der Waals surface area contributed by atoms with Crippen LogP contribution in [0.25, 0.3) is 0 Å². The zero-order chi connectivity index (χ0) is 17.1. The fraction of sp³-hybridized carbons (Fsp3) is 0.450. The van der Waals surface area contributed by atoms with E-state index in [-0.39, 0.29) is 7.43 Å². The van der Waals surface area contributed by atoms with Crippen molar-refractivity contribution in [1.29, 1.82) is 0 Å². The number of carbonyl (C=O) groups is 1. The van der Waals surface area contributed by atoms with Crippen molar-refractivity contribution in [3.63, 3.8) is 0 Å². The van der Waals surface area contributed by atoms with Gasteiger partial charge < -0.3 is 5.11 Å². The second-order valence-electron chi connectivity index (χ2n) is 5.65. The minimum atomic E-state index is -0.981. The highest BCUT2D eigenvalue weighted by Crippen LogP contribution is 2.40. The third-order valence-corrected chi connectivity index (χ3v) is 3.25. The van der Waals surface area contributed by atoms with Crippen molar-refractivity contribution in [2.45, 2.75) is 54.4 Å². The Hall–Kier alpha value is -1.83. The lowest BCUT2D eigenvalue weighted by Crippen LogP contribution is -2.19. The molecule has 1 aliphatic rings. The number of carboxylic acid groups (broad SMARTS) is 1. The van der Waals surface area contributed by atoms with Crippen LogP contribution in [0.1, 0.15) is 54.4 Å². The van der Waals surface area contributed by atoms with Crippen molar-refractivity contribution in [3.8, 4) is 0 Å². The minimum Gasteiger partial charge on any atom is -0.478 e. The second kappa shape index (κ2) is 12.9.